The number of carbonyl (C=O) groups is 2. The Balaban J connectivity index is 1.06. The number of benzene rings is 2. The van der Waals surface area contributed by atoms with Crippen LogP contribution in [0.15, 0.2) is 58.9 Å². The molecule has 3 heterocycles. The van der Waals surface area contributed by atoms with Crippen molar-refractivity contribution in [2.45, 2.75) is 4.34 Å². The number of nitrogens with zero attached hydrogens (tertiary/aromatic N) is 4. The summed E-state index contributed by atoms with van der Waals surface area (Å²) >= 11 is 2.58. The Kier molecular flexibility index (Phi) is 7.15. The number of amides is 2. The molecular formula is C24H23N5O4S2. The Labute approximate surface area is 210 Å². The van der Waals surface area contributed by atoms with Crippen LogP contribution in [0.5, 0.6) is 11.5 Å². The first-order valence-electron chi connectivity index (χ1n) is 11.1. The molecule has 180 valence electrons. The molecule has 11 heteroatoms. The average molecular weight is 510 g/mol. The Morgan fingerprint density at radius 1 is 1.03 bits per heavy atom. The van der Waals surface area contributed by atoms with Crippen molar-refractivity contribution in [1.82, 2.24) is 15.1 Å². The normalized spacial score (nSPS) is 15.0. The maximum Gasteiger partial charge on any atom is 0.250 e. The van der Waals surface area contributed by atoms with E-state index >= 15 is 0 Å². The number of para-hydroxylation sites is 1. The molecular weight excluding hydrogens is 486 g/mol. The van der Waals surface area contributed by atoms with Gasteiger partial charge < -0.3 is 19.3 Å². The Bertz CT molecular complexity index is 1230. The minimum atomic E-state index is -0.317. The molecule has 5 rings (SSSR count). The van der Waals surface area contributed by atoms with Crippen molar-refractivity contribution in [3.05, 3.63) is 60.2 Å². The molecule has 35 heavy (non-hydrogen) atoms. The molecule has 0 unspecified atom stereocenters. The largest absolute Gasteiger partial charge is 0.454 e. The first-order chi connectivity index (χ1) is 17.1. The van der Waals surface area contributed by atoms with E-state index < -0.39 is 0 Å². The summed E-state index contributed by atoms with van der Waals surface area (Å²) in [6.07, 6.45) is 3.11. The lowest BCUT2D eigenvalue weighted by atomic mass is 10.2. The first kappa shape index (κ1) is 23.2. The van der Waals surface area contributed by atoms with Gasteiger partial charge in [-0.3, -0.25) is 14.9 Å². The number of piperazine rings is 1. The van der Waals surface area contributed by atoms with E-state index in [-0.39, 0.29) is 24.4 Å². The second kappa shape index (κ2) is 10.8. The number of fused-ring (bicyclic) bond motifs is 1. The van der Waals surface area contributed by atoms with Gasteiger partial charge in [-0.2, -0.15) is 0 Å². The molecule has 0 bridgehead atoms. The van der Waals surface area contributed by atoms with Crippen LogP contribution in [0, 0.1) is 0 Å². The number of aromatic nitrogens is 2. The maximum atomic E-state index is 12.6. The number of ether oxygens (including phenoxy) is 2. The number of hydrogen-bond acceptors (Lipinski definition) is 9. The quantitative estimate of drug-likeness (QED) is 0.294. The van der Waals surface area contributed by atoms with Gasteiger partial charge >= 0.3 is 0 Å². The predicted molar refractivity (Wildman–Crippen MR) is 136 cm³/mol. The van der Waals surface area contributed by atoms with Crippen molar-refractivity contribution in [1.29, 1.82) is 0 Å². The topological polar surface area (TPSA) is 96.9 Å². The smallest absolute Gasteiger partial charge is 0.250 e. The number of anilines is 2. The maximum absolute atomic E-state index is 12.6. The van der Waals surface area contributed by atoms with Crippen molar-refractivity contribution in [3.63, 3.8) is 0 Å². The zero-order chi connectivity index (χ0) is 24.0. The van der Waals surface area contributed by atoms with E-state index in [1.807, 2.05) is 35.2 Å². The monoisotopic (exact) mass is 509 g/mol. The van der Waals surface area contributed by atoms with Crippen LogP contribution in [-0.2, 0) is 9.59 Å². The van der Waals surface area contributed by atoms with Gasteiger partial charge in [0.2, 0.25) is 23.7 Å². The molecule has 2 aromatic carbocycles. The standard InChI is InChI=1S/C24H23N5O4S2/c30-21(9-7-17-6-8-19-20(14-17)33-16-32-19)25-23-26-27-24(35-23)34-15-22(31)29-12-10-28(11-13-29)18-4-2-1-3-5-18/h1-9,14H,10-13,15-16H2,(H,25,26,30). The van der Waals surface area contributed by atoms with Gasteiger partial charge in [0.15, 0.2) is 15.8 Å². The van der Waals surface area contributed by atoms with Crippen molar-refractivity contribution in [2.24, 2.45) is 0 Å². The van der Waals surface area contributed by atoms with Crippen molar-refractivity contribution >= 4 is 51.8 Å². The van der Waals surface area contributed by atoms with Gasteiger partial charge in [0.25, 0.3) is 0 Å². The van der Waals surface area contributed by atoms with Crippen LogP contribution in [0.4, 0.5) is 10.8 Å². The van der Waals surface area contributed by atoms with Crippen LogP contribution >= 0.6 is 23.1 Å². The highest BCUT2D eigenvalue weighted by atomic mass is 32.2. The second-order valence-electron chi connectivity index (χ2n) is 7.80. The number of hydrogen-bond donors (Lipinski definition) is 1. The molecule has 9 nitrogen and oxygen atoms in total. The number of nitrogens with one attached hydrogen (secondary N) is 1. The molecule has 2 aliphatic heterocycles. The number of thioether (sulfide) groups is 1. The molecule has 0 radical (unpaired) electrons. The highest BCUT2D eigenvalue weighted by Crippen LogP contribution is 2.33. The van der Waals surface area contributed by atoms with E-state index in [0.29, 0.717) is 34.1 Å². The van der Waals surface area contributed by atoms with Gasteiger partial charge in [-0.1, -0.05) is 47.4 Å². The lowest BCUT2D eigenvalue weighted by molar-refractivity contribution is -0.128. The minimum Gasteiger partial charge on any atom is -0.454 e. The predicted octanol–water partition coefficient (Wildman–Crippen LogP) is 3.36. The molecule has 0 saturated carbocycles. The Morgan fingerprint density at radius 3 is 2.66 bits per heavy atom. The fourth-order valence-electron chi connectivity index (χ4n) is 3.72. The van der Waals surface area contributed by atoms with Crippen molar-refractivity contribution in [2.75, 3.05) is 48.9 Å². The van der Waals surface area contributed by atoms with Crippen LogP contribution in [0.1, 0.15) is 5.56 Å². The fourth-order valence-corrected chi connectivity index (χ4v) is 5.38. The number of rotatable bonds is 7. The molecule has 0 aliphatic carbocycles. The molecule has 2 amide bonds. The van der Waals surface area contributed by atoms with Gasteiger partial charge in [0.1, 0.15) is 0 Å². The van der Waals surface area contributed by atoms with E-state index in [2.05, 4.69) is 32.5 Å². The van der Waals surface area contributed by atoms with Crippen LogP contribution in [0.2, 0.25) is 0 Å². The third-order valence-electron chi connectivity index (χ3n) is 5.53. The van der Waals surface area contributed by atoms with Crippen LogP contribution in [0.3, 0.4) is 0 Å². The molecule has 1 saturated heterocycles. The van der Waals surface area contributed by atoms with Crippen LogP contribution in [0.25, 0.3) is 6.08 Å². The molecule has 3 aromatic rings. The summed E-state index contributed by atoms with van der Waals surface area (Å²) in [6.45, 7) is 3.23. The fraction of sp³-hybridized carbons (Fsp3) is 0.250. The van der Waals surface area contributed by atoms with Crippen molar-refractivity contribution in [3.8, 4) is 11.5 Å². The van der Waals surface area contributed by atoms with Gasteiger partial charge in [0.05, 0.1) is 5.75 Å². The first-order valence-corrected chi connectivity index (χ1v) is 12.9. The third kappa shape index (κ3) is 5.92. The molecule has 1 fully saturated rings. The van der Waals surface area contributed by atoms with E-state index in [1.54, 1.807) is 12.1 Å². The van der Waals surface area contributed by atoms with Crippen LogP contribution < -0.4 is 19.7 Å². The summed E-state index contributed by atoms with van der Waals surface area (Å²) in [5.74, 6) is 1.40. The molecule has 1 N–H and O–H groups in total. The minimum absolute atomic E-state index is 0.0788. The van der Waals surface area contributed by atoms with E-state index in [0.717, 1.165) is 18.7 Å². The van der Waals surface area contributed by atoms with Gasteiger partial charge in [-0.25, -0.2) is 0 Å². The molecule has 0 atom stereocenters. The molecule has 0 spiro atoms. The summed E-state index contributed by atoms with van der Waals surface area (Å²) in [7, 11) is 0. The summed E-state index contributed by atoms with van der Waals surface area (Å²) in [4.78, 5) is 29.1. The van der Waals surface area contributed by atoms with Crippen LogP contribution in [-0.4, -0.2) is 65.6 Å². The van der Waals surface area contributed by atoms with Gasteiger partial charge in [-0.15, -0.1) is 10.2 Å². The summed E-state index contributed by atoms with van der Waals surface area (Å²) < 4.78 is 11.3. The second-order valence-corrected chi connectivity index (χ2v) is 10.0. The third-order valence-corrected chi connectivity index (χ3v) is 7.49. The zero-order valence-corrected chi connectivity index (χ0v) is 20.4. The van der Waals surface area contributed by atoms with E-state index in [9.17, 15) is 9.59 Å². The zero-order valence-electron chi connectivity index (χ0n) is 18.8. The Morgan fingerprint density at radius 2 is 1.83 bits per heavy atom. The molecule has 1 aromatic heterocycles. The van der Waals surface area contributed by atoms with E-state index in [4.69, 9.17) is 9.47 Å². The average Bonchev–Trinajstić information content (AvgIpc) is 3.55. The van der Waals surface area contributed by atoms with E-state index in [1.165, 1.54) is 34.9 Å². The lowest BCUT2D eigenvalue weighted by Crippen LogP contribution is -2.49. The summed E-state index contributed by atoms with van der Waals surface area (Å²) in [5.41, 5.74) is 2.00. The lowest BCUT2D eigenvalue weighted by Gasteiger charge is -2.36. The summed E-state index contributed by atoms with van der Waals surface area (Å²) in [5, 5.41) is 11.2. The SMILES string of the molecule is O=C(C=Cc1ccc2c(c1)OCO2)Nc1nnc(SCC(=O)N2CCN(c3ccccc3)CC2)s1. The number of carbonyl (C=O) groups excluding carboxylic acids is 2. The highest BCUT2D eigenvalue weighted by Gasteiger charge is 2.22. The Hall–Kier alpha value is -3.57. The van der Waals surface area contributed by atoms with Gasteiger partial charge in [0, 0.05) is 37.9 Å². The van der Waals surface area contributed by atoms with Gasteiger partial charge in [-0.05, 0) is 35.9 Å². The highest BCUT2D eigenvalue weighted by molar-refractivity contribution is 8.01. The molecule has 2 aliphatic rings. The summed E-state index contributed by atoms with van der Waals surface area (Å²) in [6, 6.07) is 15.7. The van der Waals surface area contributed by atoms with Crippen molar-refractivity contribution < 1.29 is 19.1 Å².